The van der Waals surface area contributed by atoms with Crippen molar-refractivity contribution < 1.29 is 9.84 Å². The van der Waals surface area contributed by atoms with Crippen LogP contribution in [-0.4, -0.2) is 17.3 Å². The zero-order valence-electron chi connectivity index (χ0n) is 9.03. The molecule has 0 saturated carbocycles. The highest BCUT2D eigenvalue weighted by Gasteiger charge is 2.06. The van der Waals surface area contributed by atoms with Gasteiger partial charge in [0.15, 0.2) is 0 Å². The summed E-state index contributed by atoms with van der Waals surface area (Å²) < 4.78 is 5.64. The molecular formula is C12H18O2. The summed E-state index contributed by atoms with van der Waals surface area (Å²) in [4.78, 5) is 0. The summed E-state index contributed by atoms with van der Waals surface area (Å²) >= 11 is 0. The number of aliphatic hydroxyl groups excluding tert-OH is 1. The summed E-state index contributed by atoms with van der Waals surface area (Å²) in [5, 5.41) is 9.31. The van der Waals surface area contributed by atoms with Gasteiger partial charge in [-0.2, -0.15) is 0 Å². The number of aliphatic hydroxyl groups is 1. The van der Waals surface area contributed by atoms with Crippen molar-refractivity contribution in [3.63, 3.8) is 0 Å². The van der Waals surface area contributed by atoms with Crippen LogP contribution in [0, 0.1) is 0 Å². The highest BCUT2D eigenvalue weighted by atomic mass is 16.5. The second kappa shape index (κ2) is 5.01. The molecule has 1 rings (SSSR count). The molecule has 0 aliphatic carbocycles. The maximum atomic E-state index is 9.31. The van der Waals surface area contributed by atoms with Crippen LogP contribution >= 0.6 is 0 Å². The first-order valence-corrected chi connectivity index (χ1v) is 5.02. The van der Waals surface area contributed by atoms with Crippen LogP contribution in [0.4, 0.5) is 0 Å². The first kappa shape index (κ1) is 11.1. The second-order valence-corrected chi connectivity index (χ2v) is 3.83. The molecule has 0 heterocycles. The van der Waals surface area contributed by atoms with Crippen LogP contribution in [0.25, 0.3) is 0 Å². The number of ether oxygens (including phenoxy) is 1. The normalized spacial score (nSPS) is 12.9. The van der Waals surface area contributed by atoms with Crippen molar-refractivity contribution in [3.8, 4) is 5.75 Å². The molecule has 0 fully saturated rings. The van der Waals surface area contributed by atoms with E-state index in [1.807, 2.05) is 38.1 Å². The van der Waals surface area contributed by atoms with Gasteiger partial charge in [-0.3, -0.25) is 0 Å². The molecule has 0 aliphatic rings. The molecule has 2 nitrogen and oxygen atoms in total. The van der Waals surface area contributed by atoms with E-state index in [1.165, 1.54) is 0 Å². The highest BCUT2D eigenvalue weighted by Crippen LogP contribution is 2.20. The molecule has 78 valence electrons. The Kier molecular flexibility index (Phi) is 3.96. The van der Waals surface area contributed by atoms with Crippen molar-refractivity contribution >= 4 is 0 Å². The van der Waals surface area contributed by atoms with Crippen molar-refractivity contribution in [2.75, 3.05) is 0 Å². The van der Waals surface area contributed by atoms with E-state index >= 15 is 0 Å². The Morgan fingerprint density at radius 3 is 2.43 bits per heavy atom. The van der Waals surface area contributed by atoms with E-state index in [9.17, 15) is 5.11 Å². The van der Waals surface area contributed by atoms with Crippen molar-refractivity contribution in [2.45, 2.75) is 39.4 Å². The lowest BCUT2D eigenvalue weighted by Gasteiger charge is -2.14. The number of rotatable bonds is 4. The maximum Gasteiger partial charge on any atom is 0.122 e. The van der Waals surface area contributed by atoms with Crippen molar-refractivity contribution in [3.05, 3.63) is 29.8 Å². The van der Waals surface area contributed by atoms with Gasteiger partial charge in [-0.25, -0.2) is 0 Å². The molecule has 0 aromatic heterocycles. The minimum Gasteiger partial charge on any atom is -0.491 e. The van der Waals surface area contributed by atoms with E-state index in [-0.39, 0.29) is 12.2 Å². The van der Waals surface area contributed by atoms with Gasteiger partial charge in [-0.05, 0) is 32.4 Å². The van der Waals surface area contributed by atoms with Crippen LogP contribution in [-0.2, 0) is 6.42 Å². The third-order valence-electron chi connectivity index (χ3n) is 1.85. The van der Waals surface area contributed by atoms with Gasteiger partial charge in [0.25, 0.3) is 0 Å². The van der Waals surface area contributed by atoms with Gasteiger partial charge in [-0.15, -0.1) is 0 Å². The summed E-state index contributed by atoms with van der Waals surface area (Å²) in [7, 11) is 0. The van der Waals surface area contributed by atoms with E-state index < -0.39 is 0 Å². The smallest absolute Gasteiger partial charge is 0.122 e. The van der Waals surface area contributed by atoms with Crippen molar-refractivity contribution in [1.82, 2.24) is 0 Å². The molecule has 0 spiro atoms. The molecule has 0 bridgehead atoms. The van der Waals surface area contributed by atoms with Gasteiger partial charge in [0.2, 0.25) is 0 Å². The third kappa shape index (κ3) is 3.38. The van der Waals surface area contributed by atoms with Gasteiger partial charge in [0, 0.05) is 6.42 Å². The van der Waals surface area contributed by atoms with Crippen molar-refractivity contribution in [1.29, 1.82) is 0 Å². The first-order chi connectivity index (χ1) is 6.59. The van der Waals surface area contributed by atoms with E-state index in [2.05, 4.69) is 0 Å². The zero-order valence-corrected chi connectivity index (χ0v) is 9.03. The Bertz CT molecular complexity index is 250. The molecule has 1 aromatic carbocycles. The molecule has 0 radical (unpaired) electrons. The summed E-state index contributed by atoms with van der Waals surface area (Å²) in [6, 6.07) is 7.84. The van der Waals surface area contributed by atoms with Crippen molar-refractivity contribution in [2.24, 2.45) is 0 Å². The second-order valence-electron chi connectivity index (χ2n) is 3.83. The fraction of sp³-hybridized carbons (Fsp3) is 0.500. The van der Waals surface area contributed by atoms with Gasteiger partial charge in [0.05, 0.1) is 12.2 Å². The Morgan fingerprint density at radius 1 is 1.21 bits per heavy atom. The Hall–Kier alpha value is -1.02. The predicted octanol–water partition coefficient (Wildman–Crippen LogP) is 2.40. The summed E-state index contributed by atoms with van der Waals surface area (Å²) in [6.45, 7) is 5.78. The number of hydrogen-bond donors (Lipinski definition) is 1. The predicted molar refractivity (Wildman–Crippen MR) is 57.6 cm³/mol. The average molecular weight is 194 g/mol. The van der Waals surface area contributed by atoms with Gasteiger partial charge >= 0.3 is 0 Å². The molecule has 0 aliphatic heterocycles. The zero-order chi connectivity index (χ0) is 10.6. The van der Waals surface area contributed by atoms with Crippen LogP contribution in [0.15, 0.2) is 24.3 Å². The summed E-state index contributed by atoms with van der Waals surface area (Å²) in [5.41, 5.74) is 1.07. The summed E-state index contributed by atoms with van der Waals surface area (Å²) in [5.74, 6) is 0.878. The topological polar surface area (TPSA) is 29.5 Å². The standard InChI is InChI=1S/C12H18O2/c1-9(2)14-12-7-5-4-6-11(12)8-10(3)13/h4-7,9-10,13H,8H2,1-3H3/t10-/m0/s1. The molecule has 0 saturated heterocycles. The fourth-order valence-corrected chi connectivity index (χ4v) is 1.36. The largest absolute Gasteiger partial charge is 0.491 e. The van der Waals surface area contributed by atoms with E-state index in [0.717, 1.165) is 11.3 Å². The molecule has 1 N–H and O–H groups in total. The number of hydrogen-bond acceptors (Lipinski definition) is 2. The Labute approximate surface area is 85.5 Å². The molecule has 1 aromatic rings. The van der Waals surface area contributed by atoms with E-state index in [0.29, 0.717) is 6.42 Å². The lowest BCUT2D eigenvalue weighted by molar-refractivity contribution is 0.190. The van der Waals surface area contributed by atoms with Crippen LogP contribution in [0.1, 0.15) is 26.3 Å². The molecule has 0 amide bonds. The van der Waals surface area contributed by atoms with Crippen LogP contribution < -0.4 is 4.74 Å². The van der Waals surface area contributed by atoms with Crippen LogP contribution in [0.5, 0.6) is 5.75 Å². The molecule has 0 unspecified atom stereocenters. The highest BCUT2D eigenvalue weighted by molar-refractivity contribution is 5.33. The van der Waals surface area contributed by atoms with E-state index in [1.54, 1.807) is 6.92 Å². The minimum absolute atomic E-state index is 0.171. The minimum atomic E-state index is -0.327. The molecule has 1 atom stereocenters. The van der Waals surface area contributed by atoms with E-state index in [4.69, 9.17) is 4.74 Å². The quantitative estimate of drug-likeness (QED) is 0.797. The average Bonchev–Trinajstić information content (AvgIpc) is 2.06. The lowest BCUT2D eigenvalue weighted by atomic mass is 10.1. The SMILES string of the molecule is CC(C)Oc1ccccc1C[C@H](C)O. The van der Waals surface area contributed by atoms with Gasteiger partial charge in [0.1, 0.15) is 5.75 Å². The third-order valence-corrected chi connectivity index (χ3v) is 1.85. The Balaban J connectivity index is 2.80. The maximum absolute atomic E-state index is 9.31. The molecule has 14 heavy (non-hydrogen) atoms. The van der Waals surface area contributed by atoms with Gasteiger partial charge < -0.3 is 9.84 Å². The molecular weight excluding hydrogens is 176 g/mol. The lowest BCUT2D eigenvalue weighted by Crippen LogP contribution is -2.10. The number of benzene rings is 1. The molecule has 2 heteroatoms. The monoisotopic (exact) mass is 194 g/mol. The fourth-order valence-electron chi connectivity index (χ4n) is 1.36. The number of para-hydroxylation sites is 1. The van der Waals surface area contributed by atoms with Crippen LogP contribution in [0.2, 0.25) is 0 Å². The van der Waals surface area contributed by atoms with Gasteiger partial charge in [-0.1, -0.05) is 18.2 Å². The van der Waals surface area contributed by atoms with Crippen LogP contribution in [0.3, 0.4) is 0 Å². The summed E-state index contributed by atoms with van der Waals surface area (Å²) in [6.07, 6.45) is 0.486. The first-order valence-electron chi connectivity index (χ1n) is 5.02. The Morgan fingerprint density at radius 2 is 1.86 bits per heavy atom.